The van der Waals surface area contributed by atoms with Gasteiger partial charge in [0.05, 0.1) is 17.6 Å². The molecular weight excluding hydrogens is 451 g/mol. The van der Waals surface area contributed by atoms with Gasteiger partial charge in [0.2, 0.25) is 0 Å². The van der Waals surface area contributed by atoms with E-state index in [1.807, 2.05) is 30.3 Å². The van der Waals surface area contributed by atoms with Crippen LogP contribution in [-0.4, -0.2) is 18.1 Å². The highest BCUT2D eigenvalue weighted by Gasteiger charge is 2.30. The third-order valence-corrected chi connectivity index (χ3v) is 5.81. The summed E-state index contributed by atoms with van der Waals surface area (Å²) >= 11 is 1.29. The van der Waals surface area contributed by atoms with Crippen LogP contribution in [0.1, 0.15) is 22.3 Å². The Bertz CT molecular complexity index is 1240. The second-order valence-electron chi connectivity index (χ2n) is 7.10. The summed E-state index contributed by atoms with van der Waals surface area (Å²) in [5, 5.41) is 0.639. The van der Waals surface area contributed by atoms with Gasteiger partial charge < -0.3 is 9.47 Å². The molecule has 33 heavy (non-hydrogen) atoms. The van der Waals surface area contributed by atoms with Crippen LogP contribution in [0.4, 0.5) is 13.2 Å². The smallest absolute Gasteiger partial charge is 0.416 e. The number of carbonyl (C=O) groups is 1. The highest BCUT2D eigenvalue weighted by molar-refractivity contribution is 8.19. The third-order valence-electron chi connectivity index (χ3n) is 4.78. The maximum absolute atomic E-state index is 12.9. The van der Waals surface area contributed by atoms with E-state index in [0.717, 1.165) is 17.7 Å². The maximum Gasteiger partial charge on any atom is 0.416 e. The highest BCUT2D eigenvalue weighted by Crippen LogP contribution is 2.35. The van der Waals surface area contributed by atoms with Crippen LogP contribution in [0, 0.1) is 0 Å². The lowest BCUT2D eigenvalue weighted by molar-refractivity contribution is -0.137. The molecule has 0 radical (unpaired) electrons. The van der Waals surface area contributed by atoms with E-state index < -0.39 is 11.7 Å². The number of benzene rings is 3. The lowest BCUT2D eigenvalue weighted by atomic mass is 10.1. The van der Waals surface area contributed by atoms with Gasteiger partial charge in [-0.1, -0.05) is 60.3 Å². The number of amides is 1. The molecule has 0 spiro atoms. The van der Waals surface area contributed by atoms with Gasteiger partial charge in [0.25, 0.3) is 5.91 Å². The van der Waals surface area contributed by atoms with Crippen molar-refractivity contribution in [3.63, 3.8) is 0 Å². The van der Waals surface area contributed by atoms with E-state index in [9.17, 15) is 18.0 Å². The van der Waals surface area contributed by atoms with E-state index in [4.69, 9.17) is 9.47 Å². The van der Waals surface area contributed by atoms with Gasteiger partial charge in [-0.25, -0.2) is 4.99 Å². The molecule has 0 unspecified atom stereocenters. The predicted molar refractivity (Wildman–Crippen MR) is 122 cm³/mol. The van der Waals surface area contributed by atoms with Gasteiger partial charge >= 0.3 is 6.18 Å². The van der Waals surface area contributed by atoms with Gasteiger partial charge in [0.15, 0.2) is 11.5 Å². The number of carbonyl (C=O) groups excluding carboxylic acids is 1. The van der Waals surface area contributed by atoms with Crippen molar-refractivity contribution in [2.45, 2.75) is 12.8 Å². The summed E-state index contributed by atoms with van der Waals surface area (Å²) in [5.41, 5.74) is 1.23. The quantitative estimate of drug-likeness (QED) is 0.395. The van der Waals surface area contributed by atoms with Crippen molar-refractivity contribution in [1.82, 2.24) is 0 Å². The Kier molecular flexibility index (Phi) is 6.55. The second-order valence-corrected chi connectivity index (χ2v) is 8.13. The first-order chi connectivity index (χ1) is 15.8. The summed E-state index contributed by atoms with van der Waals surface area (Å²) in [4.78, 5) is 16.9. The zero-order valence-electron chi connectivity index (χ0n) is 17.4. The van der Waals surface area contributed by atoms with Crippen molar-refractivity contribution >= 4 is 28.8 Å². The standard InChI is InChI=1S/C25H18F3NO3S/c1-31-21-13-16(14-22-23(30)29-24(33-22)18-7-3-2-4-8-18)10-11-20(21)32-15-17-6-5-9-19(12-17)25(26,27)28/h2-14H,15H2,1H3/b22-14+. The Hall–Kier alpha value is -3.52. The minimum atomic E-state index is -4.41. The van der Waals surface area contributed by atoms with E-state index in [0.29, 0.717) is 32.6 Å². The van der Waals surface area contributed by atoms with Crippen LogP contribution >= 0.6 is 11.8 Å². The number of thioether (sulfide) groups is 1. The minimum Gasteiger partial charge on any atom is -0.493 e. The normalized spacial score (nSPS) is 15.0. The molecule has 0 aliphatic carbocycles. The second kappa shape index (κ2) is 9.54. The first kappa shape index (κ1) is 22.7. The first-order valence-electron chi connectivity index (χ1n) is 9.88. The molecule has 0 bridgehead atoms. The molecule has 3 aromatic carbocycles. The summed E-state index contributed by atoms with van der Waals surface area (Å²) in [6.45, 7) is -0.0523. The van der Waals surface area contributed by atoms with Crippen LogP contribution in [0.2, 0.25) is 0 Å². The molecule has 4 rings (SSSR count). The van der Waals surface area contributed by atoms with Crippen LogP contribution in [0.25, 0.3) is 6.08 Å². The Morgan fingerprint density at radius 1 is 0.970 bits per heavy atom. The van der Waals surface area contributed by atoms with Crippen molar-refractivity contribution in [3.8, 4) is 11.5 Å². The first-order valence-corrected chi connectivity index (χ1v) is 10.7. The van der Waals surface area contributed by atoms with Crippen LogP contribution in [0.5, 0.6) is 11.5 Å². The molecule has 1 amide bonds. The highest BCUT2D eigenvalue weighted by atomic mass is 32.2. The molecule has 168 valence electrons. The summed E-state index contributed by atoms with van der Waals surface area (Å²) < 4.78 is 49.8. The molecule has 1 heterocycles. The van der Waals surface area contributed by atoms with Crippen molar-refractivity contribution in [3.05, 3.63) is 100.0 Å². The van der Waals surface area contributed by atoms with Gasteiger partial charge in [-0.3, -0.25) is 4.79 Å². The van der Waals surface area contributed by atoms with E-state index in [1.165, 1.54) is 24.9 Å². The monoisotopic (exact) mass is 469 g/mol. The summed E-state index contributed by atoms with van der Waals surface area (Å²) in [6.07, 6.45) is -2.70. The molecule has 1 aliphatic heterocycles. The number of hydrogen-bond donors (Lipinski definition) is 0. The Morgan fingerprint density at radius 2 is 1.76 bits per heavy atom. The number of methoxy groups -OCH3 is 1. The van der Waals surface area contributed by atoms with Crippen LogP contribution in [0.3, 0.4) is 0 Å². The Labute approximate surface area is 192 Å². The summed E-state index contributed by atoms with van der Waals surface area (Å²) in [7, 11) is 1.47. The van der Waals surface area contributed by atoms with Gasteiger partial charge in [0.1, 0.15) is 11.7 Å². The number of alkyl halides is 3. The fourth-order valence-electron chi connectivity index (χ4n) is 3.16. The lowest BCUT2D eigenvalue weighted by Crippen LogP contribution is -2.06. The minimum absolute atomic E-state index is 0.0523. The fourth-order valence-corrected chi connectivity index (χ4v) is 4.08. The fraction of sp³-hybridized carbons (Fsp3) is 0.120. The molecule has 3 aromatic rings. The molecule has 4 nitrogen and oxygen atoms in total. The molecule has 8 heteroatoms. The van der Waals surface area contributed by atoms with Crippen molar-refractivity contribution in [2.24, 2.45) is 4.99 Å². The third kappa shape index (κ3) is 5.46. The van der Waals surface area contributed by atoms with Crippen LogP contribution in [-0.2, 0) is 17.6 Å². The van der Waals surface area contributed by atoms with Crippen molar-refractivity contribution < 1.29 is 27.4 Å². The molecule has 0 fully saturated rings. The molecule has 0 aromatic heterocycles. The topological polar surface area (TPSA) is 47.9 Å². The maximum atomic E-state index is 12.9. The Morgan fingerprint density at radius 3 is 2.48 bits per heavy atom. The van der Waals surface area contributed by atoms with Crippen molar-refractivity contribution in [1.29, 1.82) is 0 Å². The molecule has 0 N–H and O–H groups in total. The number of nitrogens with zero attached hydrogens (tertiary/aromatic N) is 1. The molecule has 0 saturated heterocycles. The summed E-state index contributed by atoms with van der Waals surface area (Å²) in [6, 6.07) is 19.5. The Balaban J connectivity index is 1.48. The van der Waals surface area contributed by atoms with Gasteiger partial charge in [-0.05, 0) is 41.5 Å². The molecular formula is C25H18F3NO3S. The summed E-state index contributed by atoms with van der Waals surface area (Å²) in [5.74, 6) is 0.461. The van der Waals surface area contributed by atoms with Crippen LogP contribution in [0.15, 0.2) is 82.7 Å². The zero-order chi connectivity index (χ0) is 23.4. The molecule has 0 saturated carbocycles. The van der Waals surface area contributed by atoms with Gasteiger partial charge in [-0.15, -0.1) is 0 Å². The van der Waals surface area contributed by atoms with E-state index in [2.05, 4.69) is 4.99 Å². The number of ether oxygens (including phenoxy) is 2. The largest absolute Gasteiger partial charge is 0.493 e. The predicted octanol–water partition coefficient (Wildman–Crippen LogP) is 6.35. The zero-order valence-corrected chi connectivity index (χ0v) is 18.2. The molecule has 0 atom stereocenters. The average molecular weight is 469 g/mol. The molecule has 1 aliphatic rings. The average Bonchev–Trinajstić information content (AvgIpc) is 3.18. The van der Waals surface area contributed by atoms with E-state index in [1.54, 1.807) is 30.3 Å². The number of halogens is 3. The van der Waals surface area contributed by atoms with E-state index in [-0.39, 0.29) is 12.5 Å². The number of rotatable bonds is 6. The van der Waals surface area contributed by atoms with Gasteiger partial charge in [0, 0.05) is 5.56 Å². The van der Waals surface area contributed by atoms with Gasteiger partial charge in [-0.2, -0.15) is 13.2 Å². The SMILES string of the molecule is COc1cc(/C=C2/SC(c3ccccc3)=NC2=O)ccc1OCc1cccc(C(F)(F)F)c1. The lowest BCUT2D eigenvalue weighted by Gasteiger charge is -2.13. The van der Waals surface area contributed by atoms with Crippen LogP contribution < -0.4 is 9.47 Å². The van der Waals surface area contributed by atoms with Crippen molar-refractivity contribution in [2.75, 3.05) is 7.11 Å². The number of hydrogen-bond acceptors (Lipinski definition) is 4. The van der Waals surface area contributed by atoms with E-state index >= 15 is 0 Å². The number of aliphatic imine (C=N–C) groups is 1.